The van der Waals surface area contributed by atoms with E-state index in [-0.39, 0.29) is 23.4 Å². The van der Waals surface area contributed by atoms with Gasteiger partial charge in [0, 0.05) is 11.9 Å². The molecule has 2 N–H and O–H groups in total. The van der Waals surface area contributed by atoms with Gasteiger partial charge < -0.3 is 15.4 Å². The third-order valence-corrected chi connectivity index (χ3v) is 3.24. The smallest absolute Gasteiger partial charge is 0.340 e. The van der Waals surface area contributed by atoms with E-state index in [1.165, 1.54) is 30.3 Å². The number of carbonyl (C=O) groups excluding carboxylic acids is 2. The number of anilines is 2. The highest BCUT2D eigenvalue weighted by Crippen LogP contribution is 2.17. The van der Waals surface area contributed by atoms with E-state index >= 15 is 0 Å². The van der Waals surface area contributed by atoms with Crippen LogP contribution in [0.4, 0.5) is 15.8 Å². The molecule has 0 saturated heterocycles. The Morgan fingerprint density at radius 3 is 2.69 bits per heavy atom. The fraction of sp³-hybridized carbons (Fsp3) is 0.105. The minimum absolute atomic E-state index is 0.179. The van der Waals surface area contributed by atoms with Crippen molar-refractivity contribution >= 4 is 23.3 Å². The molecule has 2 aromatic carbocycles. The quantitative estimate of drug-likeness (QED) is 0.471. The van der Waals surface area contributed by atoms with E-state index in [0.29, 0.717) is 5.69 Å². The number of hydrogen-bond donors (Lipinski definition) is 2. The lowest BCUT2D eigenvalue weighted by molar-refractivity contribution is -0.112. The van der Waals surface area contributed by atoms with Gasteiger partial charge in [-0.25, -0.2) is 9.18 Å². The van der Waals surface area contributed by atoms with E-state index in [4.69, 9.17) is 4.74 Å². The first kappa shape index (κ1) is 18.7. The highest BCUT2D eigenvalue weighted by Gasteiger charge is 2.16. The molecule has 26 heavy (non-hydrogen) atoms. The SMILES string of the molecule is CCOC(=O)c1ccccc1NC(=O)/C(C#N)=C\Nc1cccc(F)c1. The zero-order chi connectivity index (χ0) is 18.9. The molecule has 0 aliphatic carbocycles. The van der Waals surface area contributed by atoms with Gasteiger partial charge in [-0.1, -0.05) is 18.2 Å². The molecule has 0 aliphatic heterocycles. The van der Waals surface area contributed by atoms with Gasteiger partial charge in [-0.3, -0.25) is 4.79 Å². The number of nitrogens with one attached hydrogen (secondary N) is 2. The zero-order valence-corrected chi connectivity index (χ0v) is 14.0. The number of esters is 1. The summed E-state index contributed by atoms with van der Waals surface area (Å²) < 4.78 is 18.1. The van der Waals surface area contributed by atoms with Crippen LogP contribution in [0, 0.1) is 17.1 Å². The highest BCUT2D eigenvalue weighted by molar-refractivity contribution is 6.09. The Kier molecular flexibility index (Phi) is 6.46. The van der Waals surface area contributed by atoms with Crippen LogP contribution >= 0.6 is 0 Å². The molecule has 6 nitrogen and oxygen atoms in total. The molecule has 0 saturated carbocycles. The Balaban J connectivity index is 2.16. The van der Waals surface area contributed by atoms with Gasteiger partial charge in [0.25, 0.3) is 5.91 Å². The van der Waals surface area contributed by atoms with Gasteiger partial charge in [0.1, 0.15) is 17.5 Å². The van der Waals surface area contributed by atoms with Gasteiger partial charge in [-0.05, 0) is 37.3 Å². The van der Waals surface area contributed by atoms with Crippen LogP contribution in [-0.2, 0) is 9.53 Å². The highest BCUT2D eigenvalue weighted by atomic mass is 19.1. The summed E-state index contributed by atoms with van der Waals surface area (Å²) in [6, 6.07) is 13.6. The lowest BCUT2D eigenvalue weighted by atomic mass is 10.1. The standard InChI is InChI=1S/C19H16FN3O3/c1-2-26-19(25)16-8-3-4-9-17(16)23-18(24)13(11-21)12-22-15-7-5-6-14(20)10-15/h3-10,12,22H,2H2,1H3,(H,23,24)/b13-12-. The average molecular weight is 353 g/mol. The second kappa shape index (κ2) is 8.99. The number of ether oxygens (including phenoxy) is 1. The number of para-hydroxylation sites is 1. The van der Waals surface area contributed by atoms with Crippen molar-refractivity contribution in [2.45, 2.75) is 6.92 Å². The van der Waals surface area contributed by atoms with Crippen molar-refractivity contribution in [3.63, 3.8) is 0 Å². The van der Waals surface area contributed by atoms with Crippen molar-refractivity contribution in [1.29, 1.82) is 5.26 Å². The molecule has 2 aromatic rings. The van der Waals surface area contributed by atoms with Crippen molar-refractivity contribution in [3.05, 3.63) is 71.7 Å². The van der Waals surface area contributed by atoms with Crippen LogP contribution in [0.3, 0.4) is 0 Å². The van der Waals surface area contributed by atoms with Gasteiger partial charge in [0.05, 0.1) is 17.9 Å². The summed E-state index contributed by atoms with van der Waals surface area (Å²) in [6.07, 6.45) is 1.16. The second-order valence-electron chi connectivity index (χ2n) is 5.04. The summed E-state index contributed by atoms with van der Waals surface area (Å²) in [7, 11) is 0. The third kappa shape index (κ3) is 4.92. The lowest BCUT2D eigenvalue weighted by Gasteiger charge is -2.10. The topological polar surface area (TPSA) is 91.2 Å². The molecular formula is C19H16FN3O3. The molecule has 0 spiro atoms. The summed E-state index contributed by atoms with van der Waals surface area (Å²) in [6.45, 7) is 1.87. The van der Waals surface area contributed by atoms with Crippen LogP contribution in [0.15, 0.2) is 60.3 Å². The van der Waals surface area contributed by atoms with Crippen LogP contribution in [-0.4, -0.2) is 18.5 Å². The van der Waals surface area contributed by atoms with Crippen LogP contribution in [0.5, 0.6) is 0 Å². The predicted octanol–water partition coefficient (Wildman–Crippen LogP) is 3.46. The van der Waals surface area contributed by atoms with E-state index in [2.05, 4.69) is 10.6 Å². The van der Waals surface area contributed by atoms with Gasteiger partial charge in [0.2, 0.25) is 0 Å². The zero-order valence-electron chi connectivity index (χ0n) is 14.0. The van der Waals surface area contributed by atoms with Crippen molar-refractivity contribution in [2.24, 2.45) is 0 Å². The summed E-state index contributed by atoms with van der Waals surface area (Å²) in [5.41, 5.74) is 0.548. The lowest BCUT2D eigenvalue weighted by Crippen LogP contribution is -2.17. The number of amides is 1. The van der Waals surface area contributed by atoms with E-state index in [0.717, 1.165) is 6.20 Å². The Bertz CT molecular complexity index is 888. The summed E-state index contributed by atoms with van der Waals surface area (Å²) in [4.78, 5) is 24.2. The first-order chi connectivity index (χ1) is 12.5. The average Bonchev–Trinajstić information content (AvgIpc) is 2.63. The van der Waals surface area contributed by atoms with Gasteiger partial charge in [-0.15, -0.1) is 0 Å². The van der Waals surface area contributed by atoms with Crippen molar-refractivity contribution < 1.29 is 18.7 Å². The largest absolute Gasteiger partial charge is 0.462 e. The van der Waals surface area contributed by atoms with Gasteiger partial charge in [0.15, 0.2) is 0 Å². The first-order valence-corrected chi connectivity index (χ1v) is 7.75. The van der Waals surface area contributed by atoms with Gasteiger partial charge >= 0.3 is 5.97 Å². The second-order valence-corrected chi connectivity index (χ2v) is 5.04. The summed E-state index contributed by atoms with van der Waals surface area (Å²) in [5, 5.41) is 14.4. The molecule has 0 fully saturated rings. The van der Waals surface area contributed by atoms with Gasteiger partial charge in [-0.2, -0.15) is 5.26 Å². The first-order valence-electron chi connectivity index (χ1n) is 7.75. The monoisotopic (exact) mass is 353 g/mol. The number of nitrogens with zero attached hydrogens (tertiary/aromatic N) is 1. The fourth-order valence-electron chi connectivity index (χ4n) is 2.05. The Labute approximate surface area is 149 Å². The maximum absolute atomic E-state index is 13.2. The van der Waals surface area contributed by atoms with Crippen LogP contribution < -0.4 is 10.6 Å². The van der Waals surface area contributed by atoms with E-state index in [1.807, 2.05) is 0 Å². The number of hydrogen-bond acceptors (Lipinski definition) is 5. The number of benzene rings is 2. The number of rotatable bonds is 6. The van der Waals surface area contributed by atoms with Crippen LogP contribution in [0.2, 0.25) is 0 Å². The Hall–Kier alpha value is -3.66. The van der Waals surface area contributed by atoms with Crippen molar-refractivity contribution in [1.82, 2.24) is 0 Å². The molecule has 2 rings (SSSR count). The number of carbonyl (C=O) groups is 2. The number of halogens is 1. The number of nitriles is 1. The maximum Gasteiger partial charge on any atom is 0.340 e. The Morgan fingerprint density at radius 1 is 1.23 bits per heavy atom. The van der Waals surface area contributed by atoms with Crippen molar-refractivity contribution in [3.8, 4) is 6.07 Å². The fourth-order valence-corrected chi connectivity index (χ4v) is 2.05. The Morgan fingerprint density at radius 2 is 2.00 bits per heavy atom. The van der Waals surface area contributed by atoms with E-state index < -0.39 is 17.7 Å². The molecule has 0 atom stereocenters. The molecule has 132 valence electrons. The summed E-state index contributed by atoms with van der Waals surface area (Å²) in [5.74, 6) is -1.74. The van der Waals surface area contributed by atoms with Crippen molar-refractivity contribution in [2.75, 3.05) is 17.2 Å². The normalized spacial score (nSPS) is 10.6. The van der Waals surface area contributed by atoms with Crippen LogP contribution in [0.1, 0.15) is 17.3 Å². The van der Waals surface area contributed by atoms with E-state index in [9.17, 15) is 19.2 Å². The molecular weight excluding hydrogens is 337 g/mol. The van der Waals surface area contributed by atoms with E-state index in [1.54, 1.807) is 31.2 Å². The molecule has 0 aliphatic rings. The molecule has 0 radical (unpaired) electrons. The maximum atomic E-state index is 13.2. The third-order valence-electron chi connectivity index (χ3n) is 3.24. The molecule has 0 aromatic heterocycles. The van der Waals surface area contributed by atoms with Crippen LogP contribution in [0.25, 0.3) is 0 Å². The minimum atomic E-state index is -0.715. The molecule has 0 unspecified atom stereocenters. The predicted molar refractivity (Wildman–Crippen MR) is 94.7 cm³/mol. The molecule has 7 heteroatoms. The minimum Gasteiger partial charge on any atom is -0.462 e. The molecule has 0 bridgehead atoms. The summed E-state index contributed by atoms with van der Waals surface area (Å²) >= 11 is 0. The molecule has 1 amide bonds. The molecule has 0 heterocycles.